The van der Waals surface area contributed by atoms with Gasteiger partial charge in [-0.15, -0.1) is 28.1 Å². The predicted octanol–water partition coefficient (Wildman–Crippen LogP) is 5.03. The number of aromatic nitrogens is 3. The third-order valence-electron chi connectivity index (χ3n) is 5.68. The number of thioether (sulfide) groups is 1. The van der Waals surface area contributed by atoms with Crippen LogP contribution < -0.4 is 10.1 Å². The van der Waals surface area contributed by atoms with Gasteiger partial charge in [0.15, 0.2) is 11.0 Å². The largest absolute Gasteiger partial charge is 0.486 e. The lowest BCUT2D eigenvalue weighted by molar-refractivity contribution is -0.113. The van der Waals surface area contributed by atoms with Crippen molar-refractivity contribution in [1.82, 2.24) is 14.8 Å². The topological polar surface area (TPSA) is 95.3 Å². The number of nitrogens with one attached hydrogen (secondary N) is 1. The fraction of sp³-hybridized carbons (Fsp3) is 0.360. The molecule has 36 heavy (non-hydrogen) atoms. The normalized spacial score (nSPS) is 12.9. The van der Waals surface area contributed by atoms with Crippen molar-refractivity contribution in [2.24, 2.45) is 0 Å². The molecule has 0 fully saturated rings. The van der Waals surface area contributed by atoms with Crippen molar-refractivity contribution >= 4 is 40.0 Å². The molecule has 2 heterocycles. The van der Waals surface area contributed by atoms with E-state index < -0.39 is 5.97 Å². The Morgan fingerprint density at radius 1 is 1.22 bits per heavy atom. The smallest absolute Gasteiger partial charge is 0.341 e. The van der Waals surface area contributed by atoms with Gasteiger partial charge in [0.2, 0.25) is 5.91 Å². The zero-order valence-corrected chi connectivity index (χ0v) is 21.6. The molecule has 0 spiro atoms. The molecule has 2 aromatic heterocycles. The van der Waals surface area contributed by atoms with Gasteiger partial charge in [0, 0.05) is 11.4 Å². The van der Waals surface area contributed by atoms with E-state index >= 15 is 0 Å². The molecule has 0 saturated carbocycles. The monoisotopic (exact) mass is 530 g/mol. The molecular formula is C25H27FN4O4S2. The number of fused-ring (bicyclic) bond motifs is 1. The van der Waals surface area contributed by atoms with Crippen LogP contribution >= 0.6 is 23.1 Å². The highest BCUT2D eigenvalue weighted by atomic mass is 32.2. The number of halogens is 1. The molecule has 1 aromatic carbocycles. The fourth-order valence-corrected chi connectivity index (χ4v) is 6.03. The first kappa shape index (κ1) is 25.9. The van der Waals surface area contributed by atoms with Crippen LogP contribution in [0.2, 0.25) is 0 Å². The molecule has 1 aliphatic rings. The Kier molecular flexibility index (Phi) is 8.76. The molecule has 4 rings (SSSR count). The van der Waals surface area contributed by atoms with Crippen molar-refractivity contribution in [1.29, 1.82) is 0 Å². The van der Waals surface area contributed by atoms with Gasteiger partial charge in [0.05, 0.1) is 18.4 Å². The third kappa shape index (κ3) is 6.14. The molecule has 0 radical (unpaired) electrons. The number of anilines is 1. The molecule has 3 aromatic rings. The van der Waals surface area contributed by atoms with Crippen LogP contribution in [0.4, 0.5) is 9.39 Å². The van der Waals surface area contributed by atoms with Gasteiger partial charge < -0.3 is 14.8 Å². The van der Waals surface area contributed by atoms with E-state index in [2.05, 4.69) is 22.1 Å². The minimum absolute atomic E-state index is 0.0806. The number of rotatable bonds is 10. The second kappa shape index (κ2) is 12.2. The molecule has 0 unspecified atom stereocenters. The molecule has 190 valence electrons. The van der Waals surface area contributed by atoms with Crippen LogP contribution in [-0.2, 0) is 35.5 Å². The highest BCUT2D eigenvalue weighted by molar-refractivity contribution is 7.99. The van der Waals surface area contributed by atoms with Gasteiger partial charge in [-0.3, -0.25) is 9.36 Å². The summed E-state index contributed by atoms with van der Waals surface area (Å²) in [5, 5.41) is 12.4. The molecular weight excluding hydrogens is 503 g/mol. The van der Waals surface area contributed by atoms with Gasteiger partial charge in [-0.05, 0) is 55.5 Å². The Morgan fingerprint density at radius 3 is 2.75 bits per heavy atom. The van der Waals surface area contributed by atoms with Crippen LogP contribution in [0.5, 0.6) is 5.75 Å². The Labute approximate surface area is 216 Å². The van der Waals surface area contributed by atoms with Crippen molar-refractivity contribution in [3.05, 3.63) is 64.6 Å². The van der Waals surface area contributed by atoms with Gasteiger partial charge in [-0.2, -0.15) is 0 Å². The maximum absolute atomic E-state index is 13.1. The van der Waals surface area contributed by atoms with E-state index in [1.807, 2.05) is 4.57 Å². The summed E-state index contributed by atoms with van der Waals surface area (Å²) in [6, 6.07) is 5.72. The number of benzene rings is 1. The number of methoxy groups -OCH3 is 1. The Morgan fingerprint density at radius 2 is 2.00 bits per heavy atom. The molecule has 0 saturated heterocycles. The van der Waals surface area contributed by atoms with Crippen molar-refractivity contribution in [3.8, 4) is 5.75 Å². The van der Waals surface area contributed by atoms with E-state index in [1.165, 1.54) is 54.5 Å². The van der Waals surface area contributed by atoms with Crippen molar-refractivity contribution in [3.63, 3.8) is 0 Å². The van der Waals surface area contributed by atoms with Crippen molar-refractivity contribution in [2.45, 2.75) is 50.4 Å². The minimum Gasteiger partial charge on any atom is -0.486 e. The summed E-state index contributed by atoms with van der Waals surface area (Å²) in [6.45, 7) is 4.34. The first-order valence-electron chi connectivity index (χ1n) is 11.6. The molecule has 1 N–H and O–H groups in total. The van der Waals surface area contributed by atoms with E-state index in [0.717, 1.165) is 42.5 Å². The van der Waals surface area contributed by atoms with Crippen LogP contribution in [-0.4, -0.2) is 39.5 Å². The summed E-state index contributed by atoms with van der Waals surface area (Å²) in [4.78, 5) is 26.5. The number of nitrogens with zero attached hydrogens (tertiary/aromatic N) is 3. The molecule has 1 aliphatic carbocycles. The SMILES string of the molecule is C=CCn1c(COc2ccc(F)cc2)nnc1SCC(=O)Nc1sc2c(c1C(=O)OC)CCCCC2. The van der Waals surface area contributed by atoms with E-state index in [0.29, 0.717) is 33.8 Å². The number of thiophene rings is 1. The van der Waals surface area contributed by atoms with Gasteiger partial charge in [-0.1, -0.05) is 24.3 Å². The Hall–Kier alpha value is -3.18. The van der Waals surface area contributed by atoms with Gasteiger partial charge in [0.25, 0.3) is 0 Å². The molecule has 0 aliphatic heterocycles. The first-order valence-corrected chi connectivity index (χ1v) is 13.4. The molecule has 8 nitrogen and oxygen atoms in total. The molecule has 0 atom stereocenters. The van der Waals surface area contributed by atoms with Crippen LogP contribution in [0.25, 0.3) is 0 Å². The number of amides is 1. The summed E-state index contributed by atoms with van der Waals surface area (Å²) in [5.41, 5.74) is 1.48. The van der Waals surface area contributed by atoms with Crippen LogP contribution in [0.1, 0.15) is 45.9 Å². The number of hydrogen-bond donors (Lipinski definition) is 1. The van der Waals surface area contributed by atoms with Gasteiger partial charge >= 0.3 is 5.97 Å². The second-order valence-electron chi connectivity index (χ2n) is 8.14. The lowest BCUT2D eigenvalue weighted by Crippen LogP contribution is -2.17. The van der Waals surface area contributed by atoms with Crippen LogP contribution in [0.3, 0.4) is 0 Å². The van der Waals surface area contributed by atoms with E-state index in [-0.39, 0.29) is 24.1 Å². The predicted molar refractivity (Wildman–Crippen MR) is 137 cm³/mol. The van der Waals surface area contributed by atoms with Crippen LogP contribution in [0.15, 0.2) is 42.1 Å². The number of aryl methyl sites for hydroxylation is 1. The Bertz CT molecular complexity index is 1240. The van der Waals surface area contributed by atoms with Crippen molar-refractivity contribution in [2.75, 3.05) is 18.2 Å². The zero-order valence-electron chi connectivity index (χ0n) is 19.9. The third-order valence-corrected chi connectivity index (χ3v) is 7.86. The standard InChI is InChI=1S/C25H27FN4O4S2/c1-3-13-30-20(14-34-17-11-9-16(26)10-12-17)28-29-25(30)35-15-21(31)27-23-22(24(32)33-2)18-7-5-4-6-8-19(18)36-23/h3,9-12H,1,4-8,13-15H2,2H3,(H,27,31). The van der Waals surface area contributed by atoms with E-state index in [1.54, 1.807) is 6.08 Å². The maximum atomic E-state index is 13.1. The van der Waals surface area contributed by atoms with E-state index in [9.17, 15) is 14.0 Å². The minimum atomic E-state index is -0.422. The summed E-state index contributed by atoms with van der Waals surface area (Å²) in [5.74, 6) is 0.127. The lowest BCUT2D eigenvalue weighted by atomic mass is 10.1. The highest BCUT2D eigenvalue weighted by Gasteiger charge is 2.26. The van der Waals surface area contributed by atoms with E-state index in [4.69, 9.17) is 9.47 Å². The number of hydrogen-bond acceptors (Lipinski definition) is 8. The zero-order chi connectivity index (χ0) is 25.5. The Balaban J connectivity index is 1.42. The summed E-state index contributed by atoms with van der Waals surface area (Å²) in [6.07, 6.45) is 6.64. The first-order chi connectivity index (χ1) is 17.5. The summed E-state index contributed by atoms with van der Waals surface area (Å²) < 4.78 is 25.6. The maximum Gasteiger partial charge on any atom is 0.341 e. The molecule has 11 heteroatoms. The number of allylic oxidation sites excluding steroid dienone is 1. The van der Waals surface area contributed by atoms with Gasteiger partial charge in [-0.25, -0.2) is 9.18 Å². The number of ether oxygens (including phenoxy) is 2. The highest BCUT2D eigenvalue weighted by Crippen LogP contribution is 2.38. The molecule has 0 bridgehead atoms. The van der Waals surface area contributed by atoms with Crippen LogP contribution in [0, 0.1) is 5.82 Å². The van der Waals surface area contributed by atoms with Crippen molar-refractivity contribution < 1.29 is 23.5 Å². The number of carbonyl (C=O) groups is 2. The summed E-state index contributed by atoms with van der Waals surface area (Å²) in [7, 11) is 1.36. The lowest BCUT2D eigenvalue weighted by Gasteiger charge is -2.10. The number of carbonyl (C=O) groups excluding carboxylic acids is 2. The average Bonchev–Trinajstić information content (AvgIpc) is 3.33. The molecule has 1 amide bonds. The fourth-order valence-electron chi connectivity index (χ4n) is 3.97. The second-order valence-corrected chi connectivity index (χ2v) is 10.2. The quantitative estimate of drug-likeness (QED) is 0.170. The summed E-state index contributed by atoms with van der Waals surface area (Å²) >= 11 is 2.69. The van der Waals surface area contributed by atoms with Gasteiger partial charge in [0.1, 0.15) is 23.2 Å². The average molecular weight is 531 g/mol. The number of esters is 1.